The average molecular weight is 384 g/mol. The molecule has 0 amide bonds. The van der Waals surface area contributed by atoms with Crippen LogP contribution in [0.25, 0.3) is 6.08 Å². The second-order valence-corrected chi connectivity index (χ2v) is 5.31. The summed E-state index contributed by atoms with van der Waals surface area (Å²) >= 11 is 0. The number of Topliss-reactive ketones (excluding diaryl/α,β-unsaturated/α-hetero) is 1. The molecule has 8 heteroatoms. The van der Waals surface area contributed by atoms with Gasteiger partial charge in [0.05, 0.1) is 31.2 Å². The number of esters is 1. The number of carboxylic acids is 1. The molecule has 0 fully saturated rings. The lowest BCUT2D eigenvalue weighted by Crippen LogP contribution is -2.14. The fourth-order valence-electron chi connectivity index (χ4n) is 1.63. The predicted octanol–water partition coefficient (Wildman–Crippen LogP) is 2.64. The molecule has 0 saturated carbocycles. The Morgan fingerprint density at radius 1 is 1.25 bits per heavy atom. The number of hydrogen-bond donors (Lipinski definition) is 1. The summed E-state index contributed by atoms with van der Waals surface area (Å²) in [7, 11) is 1.42. The molecule has 146 valence electrons. The maximum atomic E-state index is 11.9. The number of methoxy groups -OCH3 is 1. The number of carbonyl (C=O) groups excluding carboxylic acids is 2. The van der Waals surface area contributed by atoms with E-state index in [9.17, 15) is 14.4 Å². The first kappa shape index (κ1) is 24.1. The summed E-state index contributed by atoms with van der Waals surface area (Å²) in [4.78, 5) is 33.1. The molecule has 28 heavy (non-hydrogen) atoms. The Balaban J connectivity index is 0.00000105. The van der Waals surface area contributed by atoms with Crippen LogP contribution in [0.2, 0.25) is 0 Å². The SMILES string of the molecule is C=C(C)C(=O)O.COc1cc(C#N)ccc1C=C(C(C)=O)C(=O)OCCC#N. The van der Waals surface area contributed by atoms with Crippen LogP contribution in [0.1, 0.15) is 31.4 Å². The van der Waals surface area contributed by atoms with Crippen LogP contribution in [0.15, 0.2) is 35.9 Å². The van der Waals surface area contributed by atoms with Gasteiger partial charge in [0, 0.05) is 11.1 Å². The first-order valence-electron chi connectivity index (χ1n) is 7.91. The number of nitrogens with zero attached hydrogens (tertiary/aromatic N) is 2. The lowest BCUT2D eigenvalue weighted by Gasteiger charge is -2.08. The summed E-state index contributed by atoms with van der Waals surface area (Å²) in [6.45, 7) is 5.77. The van der Waals surface area contributed by atoms with Crippen molar-refractivity contribution in [2.75, 3.05) is 13.7 Å². The summed E-state index contributed by atoms with van der Waals surface area (Å²) < 4.78 is 10.00. The standard InChI is InChI=1S/C16H14N2O4.C4H6O2/c1-11(19)14(16(20)22-7-3-6-17)9-13-5-4-12(10-18)8-15(13)21-2;1-3(2)4(5)6/h4-5,8-9H,3,7H2,1-2H3;1H2,2H3,(H,5,6). The van der Waals surface area contributed by atoms with Crippen molar-refractivity contribution >= 4 is 23.8 Å². The van der Waals surface area contributed by atoms with E-state index in [4.69, 9.17) is 25.1 Å². The molecule has 1 aromatic rings. The number of aliphatic carboxylic acids is 1. The van der Waals surface area contributed by atoms with Crippen LogP contribution in [0.3, 0.4) is 0 Å². The molecular weight excluding hydrogens is 364 g/mol. The highest BCUT2D eigenvalue weighted by Gasteiger charge is 2.17. The highest BCUT2D eigenvalue weighted by Crippen LogP contribution is 2.23. The number of nitriles is 2. The Hall–Kier alpha value is -3.91. The van der Waals surface area contributed by atoms with Crippen LogP contribution in [0.5, 0.6) is 5.75 Å². The van der Waals surface area contributed by atoms with Gasteiger partial charge in [0.25, 0.3) is 0 Å². The van der Waals surface area contributed by atoms with Gasteiger partial charge in [-0.3, -0.25) is 4.79 Å². The highest BCUT2D eigenvalue weighted by molar-refractivity contribution is 6.19. The molecule has 0 radical (unpaired) electrons. The third kappa shape index (κ3) is 8.45. The van der Waals surface area contributed by atoms with Gasteiger partial charge in [-0.25, -0.2) is 9.59 Å². The molecule has 1 N–H and O–H groups in total. The Bertz CT molecular complexity index is 860. The maximum absolute atomic E-state index is 11.9. The molecule has 0 aliphatic rings. The zero-order valence-electron chi connectivity index (χ0n) is 15.8. The van der Waals surface area contributed by atoms with E-state index in [0.29, 0.717) is 16.9 Å². The zero-order valence-corrected chi connectivity index (χ0v) is 15.8. The van der Waals surface area contributed by atoms with Crippen molar-refractivity contribution in [2.24, 2.45) is 0 Å². The van der Waals surface area contributed by atoms with E-state index in [1.54, 1.807) is 12.1 Å². The monoisotopic (exact) mass is 384 g/mol. The topological polar surface area (TPSA) is 137 Å². The lowest BCUT2D eigenvalue weighted by molar-refractivity contribution is -0.140. The minimum Gasteiger partial charge on any atom is -0.496 e. The molecular formula is C20H20N2O6. The van der Waals surface area contributed by atoms with Gasteiger partial charge in [-0.1, -0.05) is 6.58 Å². The van der Waals surface area contributed by atoms with E-state index in [1.165, 1.54) is 33.1 Å². The van der Waals surface area contributed by atoms with Crippen LogP contribution >= 0.6 is 0 Å². The summed E-state index contributed by atoms with van der Waals surface area (Å²) in [6.07, 6.45) is 1.40. The quantitative estimate of drug-likeness (QED) is 0.249. The molecule has 0 heterocycles. The smallest absolute Gasteiger partial charge is 0.341 e. The van der Waals surface area contributed by atoms with E-state index < -0.39 is 17.7 Å². The summed E-state index contributed by atoms with van der Waals surface area (Å²) in [5, 5.41) is 25.2. The molecule has 0 atom stereocenters. The van der Waals surface area contributed by atoms with Crippen molar-refractivity contribution in [2.45, 2.75) is 20.3 Å². The van der Waals surface area contributed by atoms with Crippen LogP contribution in [-0.4, -0.2) is 36.5 Å². The molecule has 0 saturated heterocycles. The molecule has 0 aromatic heterocycles. The summed E-state index contributed by atoms with van der Waals surface area (Å²) in [5.74, 6) is -1.83. The van der Waals surface area contributed by atoms with Crippen molar-refractivity contribution in [1.29, 1.82) is 10.5 Å². The zero-order chi connectivity index (χ0) is 21.7. The first-order chi connectivity index (χ1) is 13.2. The van der Waals surface area contributed by atoms with E-state index in [1.807, 2.05) is 12.1 Å². The fraction of sp³-hybridized carbons (Fsp3) is 0.250. The fourth-order valence-corrected chi connectivity index (χ4v) is 1.63. The molecule has 1 aromatic carbocycles. The molecule has 0 unspecified atom stereocenters. The van der Waals surface area contributed by atoms with Crippen LogP contribution < -0.4 is 4.74 Å². The van der Waals surface area contributed by atoms with Gasteiger partial charge in [0.1, 0.15) is 17.9 Å². The summed E-state index contributed by atoms with van der Waals surface area (Å²) in [6, 6.07) is 8.44. The number of rotatable bonds is 7. The molecule has 1 rings (SSSR count). The van der Waals surface area contributed by atoms with E-state index in [-0.39, 0.29) is 24.2 Å². The number of benzene rings is 1. The van der Waals surface area contributed by atoms with Crippen molar-refractivity contribution in [3.05, 3.63) is 47.1 Å². The van der Waals surface area contributed by atoms with Crippen LogP contribution in [0, 0.1) is 22.7 Å². The van der Waals surface area contributed by atoms with Crippen molar-refractivity contribution in [3.8, 4) is 17.9 Å². The number of carboxylic acid groups (broad SMARTS) is 1. The number of ether oxygens (including phenoxy) is 2. The molecule has 0 spiro atoms. The number of carbonyl (C=O) groups is 3. The van der Waals surface area contributed by atoms with E-state index >= 15 is 0 Å². The Labute approximate surface area is 162 Å². The number of ketones is 1. The first-order valence-corrected chi connectivity index (χ1v) is 7.91. The minimum absolute atomic E-state index is 0.0527. The largest absolute Gasteiger partial charge is 0.496 e. The Morgan fingerprint density at radius 2 is 1.86 bits per heavy atom. The van der Waals surface area contributed by atoms with Gasteiger partial charge < -0.3 is 14.6 Å². The van der Waals surface area contributed by atoms with Crippen molar-refractivity contribution in [1.82, 2.24) is 0 Å². The summed E-state index contributed by atoms with van der Waals surface area (Å²) in [5.41, 5.74) is 0.898. The van der Waals surface area contributed by atoms with Gasteiger partial charge in [-0.15, -0.1) is 0 Å². The molecule has 0 bridgehead atoms. The molecule has 0 aliphatic carbocycles. The normalized spacial score (nSPS) is 9.68. The van der Waals surface area contributed by atoms with Gasteiger partial charge in [0.15, 0.2) is 5.78 Å². The number of hydrogen-bond acceptors (Lipinski definition) is 7. The third-order valence-corrected chi connectivity index (χ3v) is 3.07. The van der Waals surface area contributed by atoms with Crippen LogP contribution in [0.4, 0.5) is 0 Å². The lowest BCUT2D eigenvalue weighted by atomic mass is 10.1. The molecule has 0 aliphatic heterocycles. The van der Waals surface area contributed by atoms with Crippen molar-refractivity contribution < 1.29 is 29.0 Å². The Morgan fingerprint density at radius 3 is 2.29 bits per heavy atom. The Kier molecular flexibility index (Phi) is 10.7. The van der Waals surface area contributed by atoms with Gasteiger partial charge >= 0.3 is 11.9 Å². The van der Waals surface area contributed by atoms with E-state index in [0.717, 1.165) is 0 Å². The van der Waals surface area contributed by atoms with E-state index in [2.05, 4.69) is 6.58 Å². The van der Waals surface area contributed by atoms with Crippen molar-refractivity contribution in [3.63, 3.8) is 0 Å². The predicted molar refractivity (Wildman–Crippen MR) is 100 cm³/mol. The highest BCUT2D eigenvalue weighted by atomic mass is 16.5. The van der Waals surface area contributed by atoms with Gasteiger partial charge in [0.2, 0.25) is 0 Å². The van der Waals surface area contributed by atoms with Crippen LogP contribution in [-0.2, 0) is 19.1 Å². The average Bonchev–Trinajstić information content (AvgIpc) is 2.66. The minimum atomic E-state index is -0.935. The second kappa shape index (κ2) is 12.4. The maximum Gasteiger partial charge on any atom is 0.341 e. The molecule has 8 nitrogen and oxygen atoms in total. The van der Waals surface area contributed by atoms with Gasteiger partial charge in [-0.2, -0.15) is 10.5 Å². The second-order valence-electron chi connectivity index (χ2n) is 5.31. The third-order valence-electron chi connectivity index (χ3n) is 3.07. The van der Waals surface area contributed by atoms with Gasteiger partial charge in [-0.05, 0) is 38.1 Å².